The Kier molecular flexibility index (Phi) is 19.4. The zero-order valence-electron chi connectivity index (χ0n) is 28.2. The van der Waals surface area contributed by atoms with E-state index in [1.165, 1.54) is 39.1 Å². The average molecular weight is 723 g/mol. The molecule has 2 atom stereocenters. The molecular weight excluding hydrogens is 673 g/mol. The van der Waals surface area contributed by atoms with Gasteiger partial charge in [0.05, 0.1) is 0 Å². The van der Waals surface area contributed by atoms with Crippen molar-refractivity contribution in [3.63, 3.8) is 0 Å². The number of hydrogen-bond donors (Lipinski definition) is 1. The molecule has 5 rings (SSSR count). The van der Waals surface area contributed by atoms with E-state index >= 15 is 0 Å². The van der Waals surface area contributed by atoms with E-state index in [0.717, 1.165) is 26.1 Å². The number of halogens is 1. The van der Waals surface area contributed by atoms with Crippen LogP contribution in [0, 0.1) is 26.7 Å². The maximum Gasteiger partial charge on any atom is 0.0267 e. The molecule has 4 aromatic rings. The number of pyridine rings is 2. The summed E-state index contributed by atoms with van der Waals surface area (Å²) in [5.41, 5.74) is 9.56. The monoisotopic (exact) mass is 723 g/mol. The molecule has 0 aliphatic heterocycles. The van der Waals surface area contributed by atoms with Crippen molar-refractivity contribution in [2.45, 2.75) is 54.0 Å². The fourth-order valence-corrected chi connectivity index (χ4v) is 5.77. The molecule has 1 aliphatic rings. The SMILES string of the molecule is CC1=CC(C)C(NCCN(CC/C=C/c2ccccc2)c2c(C)cc(C)cc2C)C(C)=C1.[Cl][Ru].c1ccncc1.c1ccncc1. The molecule has 1 aliphatic carbocycles. The van der Waals surface area contributed by atoms with Crippen molar-refractivity contribution in [2.24, 2.45) is 5.92 Å². The van der Waals surface area contributed by atoms with Crippen LogP contribution in [0.2, 0.25) is 0 Å². The number of hydrogen-bond acceptors (Lipinski definition) is 4. The summed E-state index contributed by atoms with van der Waals surface area (Å²) in [5, 5.41) is 3.84. The van der Waals surface area contributed by atoms with Gasteiger partial charge in [0.2, 0.25) is 0 Å². The number of aryl methyl sites for hydroxylation is 3. The number of nitrogens with one attached hydrogen (secondary N) is 1. The Morgan fingerprint density at radius 2 is 1.33 bits per heavy atom. The van der Waals surface area contributed by atoms with Crippen LogP contribution in [0.1, 0.15) is 49.4 Å². The Bertz CT molecular complexity index is 1350. The molecule has 0 spiro atoms. The fourth-order valence-electron chi connectivity index (χ4n) is 5.77. The van der Waals surface area contributed by atoms with Crippen molar-refractivity contribution in [3.8, 4) is 0 Å². The molecule has 0 amide bonds. The third-order valence-electron chi connectivity index (χ3n) is 7.50. The molecule has 6 heteroatoms. The van der Waals surface area contributed by atoms with E-state index in [4.69, 9.17) is 0 Å². The number of rotatable bonds is 9. The molecule has 0 saturated heterocycles. The molecule has 0 saturated carbocycles. The van der Waals surface area contributed by atoms with Gasteiger partial charge >= 0.3 is 27.0 Å². The second-order valence-corrected chi connectivity index (χ2v) is 11.5. The van der Waals surface area contributed by atoms with Crippen molar-refractivity contribution in [1.29, 1.82) is 0 Å². The topological polar surface area (TPSA) is 41.0 Å². The first kappa shape index (κ1) is 38.8. The van der Waals surface area contributed by atoms with Crippen molar-refractivity contribution in [3.05, 3.63) is 155 Å². The van der Waals surface area contributed by atoms with Gasteiger partial charge in [-0.25, -0.2) is 0 Å². The van der Waals surface area contributed by atoms with Crippen LogP contribution in [0.3, 0.4) is 0 Å². The number of allylic oxidation sites excluding steroid dienone is 2. The second-order valence-electron chi connectivity index (χ2n) is 11.5. The summed E-state index contributed by atoms with van der Waals surface area (Å²) in [6, 6.07) is 27.0. The van der Waals surface area contributed by atoms with Gasteiger partial charge in [-0.15, -0.1) is 0 Å². The van der Waals surface area contributed by atoms with Gasteiger partial charge in [-0.2, -0.15) is 0 Å². The van der Waals surface area contributed by atoms with Crippen LogP contribution < -0.4 is 10.2 Å². The number of benzene rings is 2. The normalized spacial score (nSPS) is 15.1. The minimum Gasteiger partial charge on any atom is -0.265 e. The van der Waals surface area contributed by atoms with Crippen LogP contribution >= 0.6 is 9.69 Å². The van der Waals surface area contributed by atoms with E-state index in [2.05, 4.69) is 138 Å². The minimum atomic E-state index is 0.429. The molecule has 0 bridgehead atoms. The molecule has 4 nitrogen and oxygen atoms in total. The maximum atomic E-state index is 4.57. The minimum absolute atomic E-state index is 0.429. The fraction of sp³-hybridized carbons (Fsp3) is 0.300. The zero-order valence-corrected chi connectivity index (χ0v) is 30.7. The van der Waals surface area contributed by atoms with Crippen LogP contribution in [0.5, 0.6) is 0 Å². The standard InChI is InChI=1S/C30H40N2.2C5H5N.ClH.Ru/c1-22-18-24(3)29(25(4)19-22)31-15-17-32(30-26(5)20-23(2)21-27(30)6)16-11-10-14-28-12-8-7-9-13-28;2*1-2-4-6-5-3-1;;/h7-10,12-14,18-21,24,29,31H,11,15-17H2,1-6H3;2*1-5H;1H;/q;;;;+1/p-1/b14-10+;;;;. The predicted octanol–water partition coefficient (Wildman–Crippen LogP) is 9.87. The van der Waals surface area contributed by atoms with Gasteiger partial charge < -0.3 is 10.2 Å². The molecule has 2 unspecified atom stereocenters. The Morgan fingerprint density at radius 3 is 1.80 bits per heavy atom. The van der Waals surface area contributed by atoms with Gasteiger partial charge in [0.15, 0.2) is 0 Å². The Balaban J connectivity index is 0.000000431. The Labute approximate surface area is 292 Å². The second kappa shape index (κ2) is 23.0. The van der Waals surface area contributed by atoms with Crippen LogP contribution in [0.15, 0.2) is 133 Å². The molecule has 46 heavy (non-hydrogen) atoms. The summed E-state index contributed by atoms with van der Waals surface area (Å²) >= 11 is 1.82. The van der Waals surface area contributed by atoms with Gasteiger partial charge in [-0.1, -0.05) is 103 Å². The van der Waals surface area contributed by atoms with E-state index in [1.54, 1.807) is 24.8 Å². The maximum absolute atomic E-state index is 4.57. The van der Waals surface area contributed by atoms with E-state index in [0.29, 0.717) is 12.0 Å². The Morgan fingerprint density at radius 1 is 0.783 bits per heavy atom. The van der Waals surface area contributed by atoms with E-state index in [9.17, 15) is 0 Å². The van der Waals surface area contributed by atoms with E-state index < -0.39 is 0 Å². The van der Waals surface area contributed by atoms with Gasteiger partial charge in [-0.05, 0) is 87.9 Å². The molecule has 2 aromatic heterocycles. The van der Waals surface area contributed by atoms with Crippen molar-refractivity contribution in [1.82, 2.24) is 15.3 Å². The van der Waals surface area contributed by atoms with Gasteiger partial charge in [0.25, 0.3) is 0 Å². The van der Waals surface area contributed by atoms with Crippen molar-refractivity contribution < 1.29 is 17.3 Å². The van der Waals surface area contributed by atoms with Crippen molar-refractivity contribution in [2.75, 3.05) is 24.5 Å². The third kappa shape index (κ3) is 14.8. The first-order chi connectivity index (χ1) is 22.3. The molecular formula is C40H50ClN4Ru. The largest absolute Gasteiger partial charge is 0.265 e. The summed E-state index contributed by atoms with van der Waals surface area (Å²) in [5.74, 6) is 0.533. The van der Waals surface area contributed by atoms with E-state index in [1.807, 2.05) is 53.7 Å². The number of anilines is 1. The smallest absolute Gasteiger partial charge is 0.0267 e. The summed E-state index contributed by atoms with van der Waals surface area (Å²) in [7, 11) is 4.57. The summed E-state index contributed by atoms with van der Waals surface area (Å²) in [6.45, 7) is 16.5. The summed E-state index contributed by atoms with van der Waals surface area (Å²) < 4.78 is 0. The predicted molar refractivity (Wildman–Crippen MR) is 196 cm³/mol. The molecule has 2 heterocycles. The molecule has 0 fully saturated rings. The average Bonchev–Trinajstić information content (AvgIpc) is 3.07. The van der Waals surface area contributed by atoms with Gasteiger partial charge in [-0.3, -0.25) is 9.97 Å². The molecule has 0 radical (unpaired) electrons. The quantitative estimate of drug-likeness (QED) is 0.175. The first-order valence-corrected chi connectivity index (χ1v) is 18.1. The first-order valence-electron chi connectivity index (χ1n) is 15.8. The van der Waals surface area contributed by atoms with Crippen LogP contribution in [-0.2, 0) is 17.3 Å². The van der Waals surface area contributed by atoms with E-state index in [-0.39, 0.29) is 0 Å². The van der Waals surface area contributed by atoms with Crippen molar-refractivity contribution >= 4 is 21.5 Å². The zero-order chi connectivity index (χ0) is 33.6. The van der Waals surface area contributed by atoms with Gasteiger partial charge in [0, 0.05) is 56.2 Å². The molecule has 2 aromatic carbocycles. The van der Waals surface area contributed by atoms with Crippen LogP contribution in [-0.4, -0.2) is 35.6 Å². The summed E-state index contributed by atoms with van der Waals surface area (Å²) in [6.07, 6.45) is 17.3. The van der Waals surface area contributed by atoms with Crippen LogP contribution in [0.25, 0.3) is 6.08 Å². The molecule has 1 N–H and O–H groups in total. The third-order valence-corrected chi connectivity index (χ3v) is 7.50. The Hall–Kier alpha value is -3.37. The van der Waals surface area contributed by atoms with Gasteiger partial charge in [0.1, 0.15) is 0 Å². The van der Waals surface area contributed by atoms with Crippen LogP contribution in [0.4, 0.5) is 5.69 Å². The number of aromatic nitrogens is 2. The number of nitrogens with zero attached hydrogens (tertiary/aromatic N) is 3. The summed E-state index contributed by atoms with van der Waals surface area (Å²) in [4.78, 5) is 10.1. The molecule has 245 valence electrons.